The molecule has 0 amide bonds. The lowest BCUT2D eigenvalue weighted by molar-refractivity contribution is 0.556. The number of halogens is 1. The first-order valence-electron chi connectivity index (χ1n) is 7.22. The minimum atomic E-state index is 0.396. The summed E-state index contributed by atoms with van der Waals surface area (Å²) in [7, 11) is 2.01. The predicted molar refractivity (Wildman–Crippen MR) is 91.4 cm³/mol. The maximum atomic E-state index is 6.21. The first-order valence-corrected chi connectivity index (χ1v) is 8.58. The van der Waals surface area contributed by atoms with Crippen molar-refractivity contribution >= 4 is 23.4 Å². The number of benzene rings is 1. The van der Waals surface area contributed by atoms with Gasteiger partial charge >= 0.3 is 0 Å². The van der Waals surface area contributed by atoms with Crippen molar-refractivity contribution in [1.82, 2.24) is 15.1 Å². The van der Waals surface area contributed by atoms with Gasteiger partial charge in [-0.05, 0) is 39.1 Å². The molecule has 114 valence electrons. The number of hydrogen-bond donors (Lipinski definition) is 1. The summed E-state index contributed by atoms with van der Waals surface area (Å²) in [6.45, 7) is 5.09. The van der Waals surface area contributed by atoms with Crippen molar-refractivity contribution in [2.24, 2.45) is 0 Å². The Balaban J connectivity index is 1.98. The highest BCUT2D eigenvalue weighted by Gasteiger charge is 2.13. The van der Waals surface area contributed by atoms with Crippen LogP contribution in [0.15, 0.2) is 35.2 Å². The smallest absolute Gasteiger partial charge is 0.0596 e. The second kappa shape index (κ2) is 7.87. The molecule has 0 spiro atoms. The van der Waals surface area contributed by atoms with E-state index in [0.717, 1.165) is 34.3 Å². The van der Waals surface area contributed by atoms with E-state index < -0.39 is 0 Å². The second-order valence-electron chi connectivity index (χ2n) is 5.02. The van der Waals surface area contributed by atoms with Gasteiger partial charge in [0.25, 0.3) is 0 Å². The number of likely N-dealkylation sites (N-methyl/N-ethyl adjacent to an activating group) is 1. The van der Waals surface area contributed by atoms with E-state index in [1.807, 2.05) is 32.2 Å². The van der Waals surface area contributed by atoms with E-state index in [1.165, 1.54) is 5.69 Å². The predicted octanol–water partition coefficient (Wildman–Crippen LogP) is 3.79. The van der Waals surface area contributed by atoms with Crippen molar-refractivity contribution in [2.75, 3.05) is 12.8 Å². The van der Waals surface area contributed by atoms with Gasteiger partial charge in [0.15, 0.2) is 0 Å². The molecule has 0 aliphatic heterocycles. The summed E-state index contributed by atoms with van der Waals surface area (Å²) in [5, 5.41) is 8.73. The number of aromatic nitrogens is 2. The SMILES string of the molecule is CCn1nc(C)cc1CC(CSc1ccccc1Cl)NC. The fourth-order valence-electron chi connectivity index (χ4n) is 2.29. The van der Waals surface area contributed by atoms with Crippen LogP contribution in [0.4, 0.5) is 0 Å². The third kappa shape index (κ3) is 4.50. The third-order valence-electron chi connectivity index (χ3n) is 3.43. The molecule has 0 bridgehead atoms. The van der Waals surface area contributed by atoms with Crippen molar-refractivity contribution in [3.8, 4) is 0 Å². The van der Waals surface area contributed by atoms with E-state index in [-0.39, 0.29) is 0 Å². The Bertz CT molecular complexity index is 583. The van der Waals surface area contributed by atoms with E-state index in [9.17, 15) is 0 Å². The molecule has 1 aromatic heterocycles. The molecule has 2 rings (SSSR count). The van der Waals surface area contributed by atoms with Crippen molar-refractivity contribution in [1.29, 1.82) is 0 Å². The van der Waals surface area contributed by atoms with Crippen LogP contribution in [0.2, 0.25) is 5.02 Å². The van der Waals surface area contributed by atoms with E-state index in [0.29, 0.717) is 6.04 Å². The Labute approximate surface area is 136 Å². The summed E-state index contributed by atoms with van der Waals surface area (Å²) in [5.41, 5.74) is 2.37. The molecule has 0 saturated heterocycles. The highest BCUT2D eigenvalue weighted by Crippen LogP contribution is 2.27. The molecule has 3 nitrogen and oxygen atoms in total. The van der Waals surface area contributed by atoms with Gasteiger partial charge in [-0.15, -0.1) is 11.8 Å². The minimum absolute atomic E-state index is 0.396. The molecular weight excluding hydrogens is 302 g/mol. The van der Waals surface area contributed by atoms with E-state index >= 15 is 0 Å². The molecule has 1 aromatic carbocycles. The van der Waals surface area contributed by atoms with Crippen LogP contribution in [-0.4, -0.2) is 28.6 Å². The Hall–Kier alpha value is -0.970. The van der Waals surface area contributed by atoms with Crippen molar-refractivity contribution in [3.05, 3.63) is 46.7 Å². The topological polar surface area (TPSA) is 29.9 Å². The normalized spacial score (nSPS) is 12.6. The van der Waals surface area contributed by atoms with Gasteiger partial charge in [-0.3, -0.25) is 4.68 Å². The fraction of sp³-hybridized carbons (Fsp3) is 0.438. The number of aryl methyl sites for hydroxylation is 2. The molecule has 1 unspecified atom stereocenters. The summed E-state index contributed by atoms with van der Waals surface area (Å²) in [5.74, 6) is 0.980. The zero-order valence-corrected chi connectivity index (χ0v) is 14.3. The minimum Gasteiger partial charge on any atom is -0.316 e. The molecule has 1 atom stereocenters. The molecule has 0 aliphatic rings. The average Bonchev–Trinajstić information content (AvgIpc) is 2.84. The van der Waals surface area contributed by atoms with Crippen LogP contribution in [0.3, 0.4) is 0 Å². The quantitative estimate of drug-likeness (QED) is 0.786. The van der Waals surface area contributed by atoms with Crippen LogP contribution in [0.1, 0.15) is 18.3 Å². The zero-order valence-electron chi connectivity index (χ0n) is 12.8. The largest absolute Gasteiger partial charge is 0.316 e. The van der Waals surface area contributed by atoms with Crippen molar-refractivity contribution < 1.29 is 0 Å². The van der Waals surface area contributed by atoms with Gasteiger partial charge in [0, 0.05) is 35.3 Å². The van der Waals surface area contributed by atoms with Crippen molar-refractivity contribution in [3.63, 3.8) is 0 Å². The van der Waals surface area contributed by atoms with E-state index in [1.54, 1.807) is 11.8 Å². The van der Waals surface area contributed by atoms with Crippen molar-refractivity contribution in [2.45, 2.75) is 37.8 Å². The van der Waals surface area contributed by atoms with Crippen LogP contribution in [0.5, 0.6) is 0 Å². The number of thioether (sulfide) groups is 1. The van der Waals surface area contributed by atoms with Crippen LogP contribution in [0.25, 0.3) is 0 Å². The number of rotatable bonds is 7. The van der Waals surface area contributed by atoms with Crippen LogP contribution < -0.4 is 5.32 Å². The molecule has 0 aliphatic carbocycles. The Morgan fingerprint density at radius 2 is 2.14 bits per heavy atom. The highest BCUT2D eigenvalue weighted by atomic mass is 35.5. The summed E-state index contributed by atoms with van der Waals surface area (Å²) in [6.07, 6.45) is 0.975. The molecule has 0 saturated carbocycles. The maximum absolute atomic E-state index is 6.21. The lowest BCUT2D eigenvalue weighted by Gasteiger charge is -2.16. The summed E-state index contributed by atoms with van der Waals surface area (Å²) < 4.78 is 2.08. The number of nitrogens with zero attached hydrogens (tertiary/aromatic N) is 2. The lowest BCUT2D eigenvalue weighted by Crippen LogP contribution is -2.31. The molecular formula is C16H22ClN3S. The Morgan fingerprint density at radius 3 is 2.81 bits per heavy atom. The third-order valence-corrected chi connectivity index (χ3v) is 5.10. The second-order valence-corrected chi connectivity index (χ2v) is 6.49. The summed E-state index contributed by atoms with van der Waals surface area (Å²) in [4.78, 5) is 1.14. The van der Waals surface area contributed by atoms with Gasteiger partial charge < -0.3 is 5.32 Å². The van der Waals surface area contributed by atoms with E-state index in [4.69, 9.17) is 11.6 Å². The Kier molecular flexibility index (Phi) is 6.15. The summed E-state index contributed by atoms with van der Waals surface area (Å²) in [6, 6.07) is 10.6. The molecule has 2 aromatic rings. The fourth-order valence-corrected chi connectivity index (χ4v) is 3.63. The van der Waals surface area contributed by atoms with Crippen LogP contribution >= 0.6 is 23.4 Å². The van der Waals surface area contributed by atoms with Gasteiger partial charge in [0.1, 0.15) is 0 Å². The standard InChI is InChI=1S/C16H22ClN3S/c1-4-20-14(9-12(2)19-20)10-13(18-3)11-21-16-8-6-5-7-15(16)17/h5-9,13,18H,4,10-11H2,1-3H3. The molecule has 5 heteroatoms. The highest BCUT2D eigenvalue weighted by molar-refractivity contribution is 7.99. The number of nitrogens with one attached hydrogen (secondary N) is 1. The molecule has 0 fully saturated rings. The van der Waals surface area contributed by atoms with E-state index in [2.05, 4.69) is 34.2 Å². The molecule has 21 heavy (non-hydrogen) atoms. The Morgan fingerprint density at radius 1 is 1.38 bits per heavy atom. The van der Waals surface area contributed by atoms with Gasteiger partial charge in [0.2, 0.25) is 0 Å². The number of hydrogen-bond acceptors (Lipinski definition) is 3. The van der Waals surface area contributed by atoms with Gasteiger partial charge in [-0.2, -0.15) is 5.10 Å². The van der Waals surface area contributed by atoms with Crippen LogP contribution in [0, 0.1) is 6.92 Å². The molecule has 0 radical (unpaired) electrons. The monoisotopic (exact) mass is 323 g/mol. The maximum Gasteiger partial charge on any atom is 0.0596 e. The van der Waals surface area contributed by atoms with Gasteiger partial charge in [-0.25, -0.2) is 0 Å². The zero-order chi connectivity index (χ0) is 15.2. The first kappa shape index (κ1) is 16.4. The average molecular weight is 324 g/mol. The summed E-state index contributed by atoms with van der Waals surface area (Å²) >= 11 is 8.00. The molecule has 1 heterocycles. The van der Waals surface area contributed by atoms with Gasteiger partial charge in [0.05, 0.1) is 10.7 Å². The van der Waals surface area contributed by atoms with Crippen LogP contribution in [-0.2, 0) is 13.0 Å². The first-order chi connectivity index (χ1) is 10.1. The lowest BCUT2D eigenvalue weighted by atomic mass is 10.2. The molecule has 1 N–H and O–H groups in total. The van der Waals surface area contributed by atoms with Gasteiger partial charge in [-0.1, -0.05) is 23.7 Å².